The quantitative estimate of drug-likeness (QED) is 0.510. The van der Waals surface area contributed by atoms with Crippen molar-refractivity contribution in [1.82, 2.24) is 10.2 Å². The van der Waals surface area contributed by atoms with E-state index in [1.165, 1.54) is 0 Å². The molecule has 3 rings (SSSR count). The highest BCUT2D eigenvalue weighted by atomic mass is 16.4. The predicted molar refractivity (Wildman–Crippen MR) is 121 cm³/mol. The van der Waals surface area contributed by atoms with Crippen LogP contribution in [-0.2, 0) is 9.59 Å². The van der Waals surface area contributed by atoms with E-state index in [0.717, 1.165) is 0 Å². The van der Waals surface area contributed by atoms with Gasteiger partial charge in [-0.15, -0.1) is 10.2 Å². The van der Waals surface area contributed by atoms with E-state index in [1.807, 2.05) is 64.1 Å². The topological polar surface area (TPSA) is 97.1 Å². The van der Waals surface area contributed by atoms with Gasteiger partial charge in [-0.05, 0) is 48.2 Å². The summed E-state index contributed by atoms with van der Waals surface area (Å²) in [5.41, 5.74) is 2.78. The predicted octanol–water partition coefficient (Wildman–Crippen LogP) is 5.37. The van der Waals surface area contributed by atoms with E-state index in [0.29, 0.717) is 47.1 Å². The van der Waals surface area contributed by atoms with Crippen molar-refractivity contribution in [2.45, 2.75) is 40.5 Å². The van der Waals surface area contributed by atoms with E-state index in [9.17, 15) is 9.59 Å². The van der Waals surface area contributed by atoms with Gasteiger partial charge in [-0.1, -0.05) is 39.8 Å². The van der Waals surface area contributed by atoms with E-state index < -0.39 is 0 Å². The summed E-state index contributed by atoms with van der Waals surface area (Å²) in [4.78, 5) is 24.1. The van der Waals surface area contributed by atoms with Gasteiger partial charge in [0.15, 0.2) is 0 Å². The molecule has 0 atom stereocenters. The van der Waals surface area contributed by atoms with Crippen LogP contribution in [-0.4, -0.2) is 22.0 Å². The number of hydrogen-bond donors (Lipinski definition) is 2. The minimum Gasteiger partial charge on any atom is -0.416 e. The van der Waals surface area contributed by atoms with Gasteiger partial charge in [0.05, 0.1) is 0 Å². The number of hydrogen-bond acceptors (Lipinski definition) is 5. The number of nitrogens with one attached hydrogen (secondary N) is 2. The molecule has 1 heterocycles. The van der Waals surface area contributed by atoms with E-state index >= 15 is 0 Å². The van der Waals surface area contributed by atoms with Crippen molar-refractivity contribution in [2.75, 3.05) is 10.6 Å². The molecule has 0 aliphatic rings. The molecular weight excluding hydrogens is 392 g/mol. The number of aromatic nitrogens is 2. The number of rotatable bonds is 8. The number of anilines is 2. The number of benzene rings is 2. The fourth-order valence-electron chi connectivity index (χ4n) is 3.08. The van der Waals surface area contributed by atoms with Crippen molar-refractivity contribution in [2.24, 2.45) is 11.8 Å². The monoisotopic (exact) mass is 420 g/mol. The Morgan fingerprint density at radius 3 is 1.58 bits per heavy atom. The van der Waals surface area contributed by atoms with Crippen molar-refractivity contribution in [3.8, 4) is 22.9 Å². The fraction of sp³-hybridized carbons (Fsp3) is 0.333. The average molecular weight is 421 g/mol. The summed E-state index contributed by atoms with van der Waals surface area (Å²) in [7, 11) is 0. The summed E-state index contributed by atoms with van der Waals surface area (Å²) in [6.45, 7) is 8.00. The highest BCUT2D eigenvalue weighted by Gasteiger charge is 2.13. The number of carbonyl (C=O) groups is 2. The van der Waals surface area contributed by atoms with Crippen LogP contribution < -0.4 is 10.6 Å². The van der Waals surface area contributed by atoms with Crippen molar-refractivity contribution in [1.29, 1.82) is 0 Å². The zero-order valence-electron chi connectivity index (χ0n) is 18.3. The van der Waals surface area contributed by atoms with Gasteiger partial charge in [0.25, 0.3) is 0 Å². The van der Waals surface area contributed by atoms with Crippen molar-refractivity contribution in [3.63, 3.8) is 0 Å². The Kier molecular flexibility index (Phi) is 7.18. The minimum atomic E-state index is -0.0327. The zero-order chi connectivity index (χ0) is 22.4. The molecule has 3 aromatic rings. The molecule has 2 N–H and O–H groups in total. The molecule has 0 radical (unpaired) electrons. The summed E-state index contributed by atoms with van der Waals surface area (Å²) in [6.07, 6.45) is 0.915. The smallest absolute Gasteiger partial charge is 0.248 e. The molecule has 31 heavy (non-hydrogen) atoms. The summed E-state index contributed by atoms with van der Waals surface area (Å²) >= 11 is 0. The van der Waals surface area contributed by atoms with Gasteiger partial charge in [-0.2, -0.15) is 0 Å². The Morgan fingerprint density at radius 1 is 0.774 bits per heavy atom. The first-order valence-corrected chi connectivity index (χ1v) is 10.4. The van der Waals surface area contributed by atoms with Gasteiger partial charge in [-0.25, -0.2) is 0 Å². The molecule has 2 amide bonds. The summed E-state index contributed by atoms with van der Waals surface area (Å²) < 4.78 is 5.86. The molecule has 7 nitrogen and oxygen atoms in total. The van der Waals surface area contributed by atoms with Crippen LogP contribution in [0.2, 0.25) is 0 Å². The lowest BCUT2D eigenvalue weighted by Crippen LogP contribution is -2.13. The first kappa shape index (κ1) is 22.2. The highest BCUT2D eigenvalue weighted by Crippen LogP contribution is 2.27. The third-order valence-corrected chi connectivity index (χ3v) is 4.40. The lowest BCUT2D eigenvalue weighted by molar-refractivity contribution is -0.117. The van der Waals surface area contributed by atoms with Gasteiger partial charge < -0.3 is 15.1 Å². The fourth-order valence-corrected chi connectivity index (χ4v) is 3.08. The summed E-state index contributed by atoms with van der Waals surface area (Å²) in [5, 5.41) is 14.1. The third-order valence-electron chi connectivity index (χ3n) is 4.40. The SMILES string of the molecule is CC(C)CC(=O)Nc1cccc(-c2nnc(-c3cccc(NC(=O)CC(C)C)c3)o2)c1. The largest absolute Gasteiger partial charge is 0.416 e. The lowest BCUT2D eigenvalue weighted by Gasteiger charge is -2.08. The zero-order valence-corrected chi connectivity index (χ0v) is 18.3. The van der Waals surface area contributed by atoms with Crippen LogP contribution >= 0.6 is 0 Å². The standard InChI is InChI=1S/C24H28N4O3/c1-15(2)11-21(29)25-19-9-5-7-17(13-19)23-27-28-24(31-23)18-8-6-10-20(14-18)26-22(30)12-16(3)4/h5-10,13-16H,11-12H2,1-4H3,(H,25,29)(H,26,30). The molecular formula is C24H28N4O3. The number of amides is 2. The first-order chi connectivity index (χ1) is 14.8. The molecule has 7 heteroatoms. The first-order valence-electron chi connectivity index (χ1n) is 10.4. The Bertz CT molecular complexity index is 974. The van der Waals surface area contributed by atoms with Crippen LogP contribution in [0.3, 0.4) is 0 Å². The molecule has 0 saturated heterocycles. The van der Waals surface area contributed by atoms with Gasteiger partial charge in [0, 0.05) is 35.3 Å². The van der Waals surface area contributed by atoms with Crippen LogP contribution in [0, 0.1) is 11.8 Å². The number of carbonyl (C=O) groups excluding carboxylic acids is 2. The molecule has 162 valence electrons. The molecule has 0 unspecified atom stereocenters. The minimum absolute atomic E-state index is 0.0327. The molecule has 2 aromatic carbocycles. The van der Waals surface area contributed by atoms with Gasteiger partial charge in [0.2, 0.25) is 23.6 Å². The van der Waals surface area contributed by atoms with Crippen LogP contribution in [0.1, 0.15) is 40.5 Å². The molecule has 0 fully saturated rings. The lowest BCUT2D eigenvalue weighted by atomic mass is 10.1. The molecule has 1 aromatic heterocycles. The van der Waals surface area contributed by atoms with Crippen LogP contribution in [0.4, 0.5) is 11.4 Å². The van der Waals surface area contributed by atoms with E-state index in [1.54, 1.807) is 12.1 Å². The van der Waals surface area contributed by atoms with E-state index in [2.05, 4.69) is 20.8 Å². The highest BCUT2D eigenvalue weighted by molar-refractivity contribution is 5.92. The Labute approximate surface area is 182 Å². The van der Waals surface area contributed by atoms with Crippen LogP contribution in [0.15, 0.2) is 52.9 Å². The van der Waals surface area contributed by atoms with Crippen molar-refractivity contribution in [3.05, 3.63) is 48.5 Å². The maximum Gasteiger partial charge on any atom is 0.248 e. The van der Waals surface area contributed by atoms with E-state index in [-0.39, 0.29) is 23.7 Å². The van der Waals surface area contributed by atoms with Gasteiger partial charge in [0.1, 0.15) is 0 Å². The van der Waals surface area contributed by atoms with Crippen molar-refractivity contribution >= 4 is 23.2 Å². The molecule has 0 bridgehead atoms. The molecule has 0 aliphatic carbocycles. The molecule has 0 saturated carbocycles. The second-order valence-corrected chi connectivity index (χ2v) is 8.37. The van der Waals surface area contributed by atoms with Crippen LogP contribution in [0.5, 0.6) is 0 Å². The Morgan fingerprint density at radius 2 is 1.19 bits per heavy atom. The maximum absolute atomic E-state index is 12.0. The Balaban J connectivity index is 1.75. The van der Waals surface area contributed by atoms with Gasteiger partial charge >= 0.3 is 0 Å². The normalized spacial score (nSPS) is 11.0. The second-order valence-electron chi connectivity index (χ2n) is 8.37. The average Bonchev–Trinajstić information content (AvgIpc) is 3.17. The number of nitrogens with zero attached hydrogens (tertiary/aromatic N) is 2. The van der Waals surface area contributed by atoms with Crippen molar-refractivity contribution < 1.29 is 14.0 Å². The van der Waals surface area contributed by atoms with Crippen LogP contribution in [0.25, 0.3) is 22.9 Å². The third kappa shape index (κ3) is 6.50. The Hall–Kier alpha value is -3.48. The van der Waals surface area contributed by atoms with E-state index in [4.69, 9.17) is 4.42 Å². The summed E-state index contributed by atoms with van der Waals surface area (Å²) in [6, 6.07) is 14.6. The maximum atomic E-state index is 12.0. The second kappa shape index (κ2) is 10.0. The van der Waals surface area contributed by atoms with Gasteiger partial charge in [-0.3, -0.25) is 9.59 Å². The summed E-state index contributed by atoms with van der Waals surface area (Å²) in [5.74, 6) is 1.21. The molecule has 0 aliphatic heterocycles. The molecule has 0 spiro atoms.